The van der Waals surface area contributed by atoms with Crippen LogP contribution in [0.4, 0.5) is 8.78 Å². The Morgan fingerprint density at radius 3 is 2.45 bits per heavy atom. The van der Waals surface area contributed by atoms with Crippen molar-refractivity contribution in [3.8, 4) is 5.75 Å². The minimum absolute atomic E-state index is 0.00910. The topological polar surface area (TPSA) is 32.8 Å². The molecule has 1 fully saturated rings. The molecule has 0 bridgehead atoms. The number of hydrogen-bond acceptors (Lipinski definition) is 4. The molecule has 4 nitrogen and oxygen atoms in total. The lowest BCUT2D eigenvalue weighted by atomic mass is 10.1. The van der Waals surface area contributed by atoms with Crippen LogP contribution in [-0.4, -0.2) is 41.9 Å². The lowest BCUT2D eigenvalue weighted by Gasteiger charge is -2.34. The summed E-state index contributed by atoms with van der Waals surface area (Å²) in [4.78, 5) is 17.7. The van der Waals surface area contributed by atoms with Gasteiger partial charge in [-0.3, -0.25) is 9.69 Å². The average molecular weight is 443 g/mol. The normalized spacial score (nSPS) is 14.6. The van der Waals surface area contributed by atoms with E-state index in [1.807, 2.05) is 10.3 Å². The van der Waals surface area contributed by atoms with Crippen LogP contribution < -0.4 is 4.74 Å². The van der Waals surface area contributed by atoms with Gasteiger partial charge >= 0.3 is 0 Å². The predicted octanol–water partition coefficient (Wildman–Crippen LogP) is 4.87. The quantitative estimate of drug-likeness (QED) is 0.546. The maximum absolute atomic E-state index is 13.7. The zero-order valence-corrected chi connectivity index (χ0v) is 18.1. The smallest absolute Gasteiger partial charge is 0.264 e. The first-order valence-electron chi connectivity index (χ1n) is 10.2. The van der Waals surface area contributed by atoms with Crippen molar-refractivity contribution in [1.29, 1.82) is 0 Å². The molecule has 0 radical (unpaired) electrons. The Morgan fingerprint density at radius 1 is 1.00 bits per heavy atom. The molecule has 4 rings (SSSR count). The van der Waals surface area contributed by atoms with Crippen LogP contribution in [0.5, 0.6) is 5.75 Å². The van der Waals surface area contributed by atoms with Crippen LogP contribution in [0.15, 0.2) is 53.9 Å². The summed E-state index contributed by atoms with van der Waals surface area (Å²) in [5, 5.41) is 1.84. The van der Waals surface area contributed by atoms with Crippen LogP contribution in [0.1, 0.15) is 26.4 Å². The number of amides is 1. The van der Waals surface area contributed by atoms with Crippen molar-refractivity contribution in [2.24, 2.45) is 0 Å². The van der Waals surface area contributed by atoms with Crippen molar-refractivity contribution in [2.75, 3.05) is 26.2 Å². The van der Waals surface area contributed by atoms with E-state index >= 15 is 0 Å². The van der Waals surface area contributed by atoms with Gasteiger partial charge in [-0.25, -0.2) is 8.78 Å². The number of benzene rings is 2. The molecule has 1 aliphatic heterocycles. The number of thiophene rings is 1. The molecule has 0 aliphatic carbocycles. The number of aryl methyl sites for hydroxylation is 1. The van der Waals surface area contributed by atoms with Crippen LogP contribution in [0.3, 0.4) is 0 Å². The fraction of sp³-hybridized carbons (Fsp3) is 0.292. The van der Waals surface area contributed by atoms with Crippen molar-refractivity contribution in [1.82, 2.24) is 9.80 Å². The second kappa shape index (κ2) is 9.58. The van der Waals surface area contributed by atoms with Gasteiger partial charge in [0.05, 0.1) is 4.88 Å². The molecule has 1 saturated heterocycles. The predicted molar refractivity (Wildman–Crippen MR) is 117 cm³/mol. The van der Waals surface area contributed by atoms with Gasteiger partial charge in [0.1, 0.15) is 12.4 Å². The van der Waals surface area contributed by atoms with E-state index in [0.717, 1.165) is 37.3 Å². The summed E-state index contributed by atoms with van der Waals surface area (Å²) in [6.07, 6.45) is 0. The Balaban J connectivity index is 1.28. The maximum atomic E-state index is 13.7. The van der Waals surface area contributed by atoms with E-state index in [2.05, 4.69) is 36.1 Å². The van der Waals surface area contributed by atoms with Gasteiger partial charge in [0.15, 0.2) is 11.6 Å². The Morgan fingerprint density at radius 2 is 1.74 bits per heavy atom. The molecule has 0 atom stereocenters. The van der Waals surface area contributed by atoms with Crippen molar-refractivity contribution >= 4 is 17.2 Å². The first-order chi connectivity index (χ1) is 15.0. The number of piperazine rings is 1. The zero-order valence-electron chi connectivity index (χ0n) is 17.3. The highest BCUT2D eigenvalue weighted by molar-refractivity contribution is 7.12. The number of nitrogens with zero attached hydrogens (tertiary/aromatic N) is 2. The van der Waals surface area contributed by atoms with E-state index in [9.17, 15) is 13.6 Å². The van der Waals surface area contributed by atoms with Gasteiger partial charge < -0.3 is 9.64 Å². The molecule has 7 heteroatoms. The van der Waals surface area contributed by atoms with Crippen LogP contribution in [0, 0.1) is 18.6 Å². The summed E-state index contributed by atoms with van der Waals surface area (Å²) in [7, 11) is 0. The van der Waals surface area contributed by atoms with E-state index < -0.39 is 11.6 Å². The van der Waals surface area contributed by atoms with Gasteiger partial charge in [0.2, 0.25) is 0 Å². The van der Waals surface area contributed by atoms with Gasteiger partial charge in [-0.05, 0) is 36.1 Å². The van der Waals surface area contributed by atoms with Crippen LogP contribution >= 0.6 is 11.3 Å². The lowest BCUT2D eigenvalue weighted by molar-refractivity contribution is 0.0633. The molecular formula is C24H24F2N2O2S. The van der Waals surface area contributed by atoms with Crippen molar-refractivity contribution in [3.63, 3.8) is 0 Å². The van der Waals surface area contributed by atoms with Gasteiger partial charge in [-0.2, -0.15) is 0 Å². The summed E-state index contributed by atoms with van der Waals surface area (Å²) >= 11 is 1.36. The summed E-state index contributed by atoms with van der Waals surface area (Å²) in [5.41, 5.74) is 3.32. The minimum atomic E-state index is -0.741. The van der Waals surface area contributed by atoms with Crippen LogP contribution in [0.25, 0.3) is 0 Å². The maximum Gasteiger partial charge on any atom is 0.264 e. The van der Waals surface area contributed by atoms with Crippen molar-refractivity contribution < 1.29 is 18.3 Å². The largest absolute Gasteiger partial charge is 0.486 e. The summed E-state index contributed by atoms with van der Waals surface area (Å²) in [6, 6.07) is 13.5. The first-order valence-corrected chi connectivity index (χ1v) is 11.1. The van der Waals surface area contributed by atoms with Gasteiger partial charge in [0, 0.05) is 44.4 Å². The molecule has 3 aromatic rings. The molecule has 0 N–H and O–H groups in total. The SMILES string of the molecule is Cc1ccc(CN2CCN(C(=O)c3cc(COc4ccc(F)cc4F)cs3)CC2)cc1. The third-order valence-electron chi connectivity index (χ3n) is 5.34. The molecule has 1 aromatic heterocycles. The van der Waals surface area contributed by atoms with Gasteiger partial charge in [0.25, 0.3) is 5.91 Å². The molecule has 31 heavy (non-hydrogen) atoms. The number of halogens is 2. The number of hydrogen-bond donors (Lipinski definition) is 0. The number of carbonyl (C=O) groups excluding carboxylic acids is 1. The monoisotopic (exact) mass is 442 g/mol. The highest BCUT2D eigenvalue weighted by atomic mass is 32.1. The molecule has 1 aliphatic rings. The van der Waals surface area contributed by atoms with E-state index in [4.69, 9.17) is 4.74 Å². The van der Waals surface area contributed by atoms with Gasteiger partial charge in [-0.1, -0.05) is 29.8 Å². The number of carbonyl (C=O) groups is 1. The molecule has 162 valence electrons. The zero-order chi connectivity index (χ0) is 21.8. The summed E-state index contributed by atoms with van der Waals surface area (Å²) < 4.78 is 32.1. The molecule has 1 amide bonds. The Hall–Kier alpha value is -2.77. The average Bonchev–Trinajstić information content (AvgIpc) is 3.24. The van der Waals surface area contributed by atoms with E-state index in [1.54, 1.807) is 6.07 Å². The highest BCUT2D eigenvalue weighted by Crippen LogP contribution is 2.22. The van der Waals surface area contributed by atoms with Crippen molar-refractivity contribution in [2.45, 2.75) is 20.1 Å². The third kappa shape index (κ3) is 5.48. The summed E-state index contributed by atoms with van der Waals surface area (Å²) in [5.74, 6) is -1.38. The Bertz CT molecular complexity index is 1040. The molecule has 0 spiro atoms. The van der Waals surface area contributed by atoms with Crippen LogP contribution in [0.2, 0.25) is 0 Å². The van der Waals surface area contributed by atoms with E-state index in [0.29, 0.717) is 18.0 Å². The molecular weight excluding hydrogens is 418 g/mol. The Kier molecular flexibility index (Phi) is 6.63. The molecule has 0 unspecified atom stereocenters. The molecule has 2 aromatic carbocycles. The highest BCUT2D eigenvalue weighted by Gasteiger charge is 2.23. The van der Waals surface area contributed by atoms with E-state index in [1.165, 1.54) is 28.5 Å². The standard InChI is InChI=1S/C24H24F2N2O2S/c1-17-2-4-18(5-3-17)14-27-8-10-28(11-9-27)24(29)23-12-19(16-31-23)15-30-22-7-6-20(25)13-21(22)26/h2-7,12-13,16H,8-11,14-15H2,1H3. The van der Waals surface area contributed by atoms with Gasteiger partial charge in [-0.15, -0.1) is 11.3 Å². The second-order valence-electron chi connectivity index (χ2n) is 7.74. The first kappa shape index (κ1) is 21.5. The molecule has 2 heterocycles. The fourth-order valence-corrected chi connectivity index (χ4v) is 4.40. The van der Waals surface area contributed by atoms with E-state index in [-0.39, 0.29) is 18.3 Å². The minimum Gasteiger partial charge on any atom is -0.486 e. The Labute approximate surface area is 184 Å². The number of ether oxygens (including phenoxy) is 1. The fourth-order valence-electron chi connectivity index (χ4n) is 3.53. The third-order valence-corrected chi connectivity index (χ3v) is 6.31. The van der Waals surface area contributed by atoms with Crippen molar-refractivity contribution in [3.05, 3.63) is 87.1 Å². The molecule has 0 saturated carbocycles. The lowest BCUT2D eigenvalue weighted by Crippen LogP contribution is -2.48. The second-order valence-corrected chi connectivity index (χ2v) is 8.65. The van der Waals surface area contributed by atoms with Crippen LogP contribution in [-0.2, 0) is 13.2 Å². The number of rotatable bonds is 6. The summed E-state index contributed by atoms with van der Waals surface area (Å²) in [6.45, 7) is 6.15.